The molecule has 1 atom stereocenters. The number of aliphatic hydroxyl groups is 1. The van der Waals surface area contributed by atoms with Gasteiger partial charge in [-0.05, 0) is 25.1 Å². The van der Waals surface area contributed by atoms with Crippen molar-refractivity contribution in [3.63, 3.8) is 0 Å². The molecule has 0 radical (unpaired) electrons. The number of para-hydroxylation sites is 1. The molecule has 0 spiro atoms. The number of Topliss-reactive ketones (excluding diaryl/α,β-unsaturated/α-hetero) is 1. The maximum absolute atomic E-state index is 12.8. The number of methoxy groups -OCH3 is 1. The number of hydrogen-bond donors (Lipinski definition) is 1. The van der Waals surface area contributed by atoms with Gasteiger partial charge in [-0.1, -0.05) is 18.2 Å². The number of esters is 1. The Morgan fingerprint density at radius 1 is 1.24 bits per heavy atom. The summed E-state index contributed by atoms with van der Waals surface area (Å²) in [6.45, 7) is 1.35. The van der Waals surface area contributed by atoms with Crippen molar-refractivity contribution in [2.24, 2.45) is 0 Å². The third kappa shape index (κ3) is 2.83. The molecule has 1 aliphatic heterocycles. The van der Waals surface area contributed by atoms with Crippen LogP contribution in [0.3, 0.4) is 0 Å². The molecular weight excluding hydrogens is 326 g/mol. The van der Waals surface area contributed by atoms with Gasteiger partial charge in [0, 0.05) is 5.56 Å². The average molecular weight is 343 g/mol. The van der Waals surface area contributed by atoms with Gasteiger partial charge in [0.2, 0.25) is 5.78 Å². The zero-order chi connectivity index (χ0) is 18.2. The summed E-state index contributed by atoms with van der Waals surface area (Å²) in [4.78, 5) is 38.0. The molecule has 7 heteroatoms. The van der Waals surface area contributed by atoms with E-state index in [2.05, 4.69) is 4.74 Å². The highest BCUT2D eigenvalue weighted by molar-refractivity contribution is 6.12. The van der Waals surface area contributed by atoms with Crippen LogP contribution in [0, 0.1) is 6.92 Å². The Hall–Kier alpha value is -2.93. The van der Waals surface area contributed by atoms with Crippen LogP contribution in [0.25, 0.3) is 0 Å². The number of ether oxygens (including phenoxy) is 1. The smallest absolute Gasteiger partial charge is 0.325 e. The third-order valence-electron chi connectivity index (χ3n) is 4.19. The van der Waals surface area contributed by atoms with Crippen LogP contribution in [0.2, 0.25) is 0 Å². The number of fused-ring (bicyclic) bond motifs is 1. The summed E-state index contributed by atoms with van der Waals surface area (Å²) >= 11 is 0. The second-order valence-corrected chi connectivity index (χ2v) is 5.86. The Morgan fingerprint density at radius 3 is 2.60 bits per heavy atom. The van der Waals surface area contributed by atoms with Gasteiger partial charge in [-0.2, -0.15) is 0 Å². The quantitative estimate of drug-likeness (QED) is 0.654. The second kappa shape index (κ2) is 6.18. The zero-order valence-corrected chi connectivity index (χ0v) is 13.8. The molecule has 0 bridgehead atoms. The minimum atomic E-state index is -2.05. The van der Waals surface area contributed by atoms with E-state index in [-0.39, 0.29) is 17.9 Å². The molecule has 0 saturated carbocycles. The van der Waals surface area contributed by atoms with Crippen molar-refractivity contribution in [1.82, 2.24) is 0 Å². The van der Waals surface area contributed by atoms with Gasteiger partial charge in [0.15, 0.2) is 11.4 Å². The van der Waals surface area contributed by atoms with E-state index in [1.165, 1.54) is 13.2 Å². The van der Waals surface area contributed by atoms with E-state index in [0.29, 0.717) is 11.4 Å². The van der Waals surface area contributed by atoms with Crippen LogP contribution >= 0.6 is 0 Å². The molecule has 130 valence electrons. The van der Waals surface area contributed by atoms with Crippen LogP contribution in [-0.4, -0.2) is 36.4 Å². The van der Waals surface area contributed by atoms with E-state index < -0.39 is 29.7 Å². The van der Waals surface area contributed by atoms with E-state index in [1.807, 2.05) is 0 Å². The first-order chi connectivity index (χ1) is 11.9. The molecule has 0 unspecified atom stereocenters. The molecule has 1 amide bonds. The number of carbonyl (C=O) groups excluding carboxylic acids is 3. The fourth-order valence-electron chi connectivity index (χ4n) is 2.93. The van der Waals surface area contributed by atoms with E-state index >= 15 is 0 Å². The Balaban J connectivity index is 1.96. The number of ketones is 1. The summed E-state index contributed by atoms with van der Waals surface area (Å²) in [5.74, 6) is -1.24. The SMILES string of the molecule is COC(=O)CN1C(=O)[C@@](O)(CC(=O)c2ccc(C)o2)c2ccccc21. The molecule has 0 aliphatic carbocycles. The molecule has 25 heavy (non-hydrogen) atoms. The van der Waals surface area contributed by atoms with Crippen molar-refractivity contribution < 1.29 is 28.6 Å². The predicted molar refractivity (Wildman–Crippen MR) is 87.1 cm³/mol. The Bertz CT molecular complexity index is 855. The molecular formula is C18H17NO6. The summed E-state index contributed by atoms with van der Waals surface area (Å²) < 4.78 is 9.87. The van der Waals surface area contributed by atoms with Crippen LogP contribution in [-0.2, 0) is 19.9 Å². The maximum atomic E-state index is 12.8. The second-order valence-electron chi connectivity index (χ2n) is 5.86. The Kier molecular flexibility index (Phi) is 4.18. The van der Waals surface area contributed by atoms with E-state index in [9.17, 15) is 19.5 Å². The van der Waals surface area contributed by atoms with Crippen LogP contribution in [0.5, 0.6) is 0 Å². The number of carbonyl (C=O) groups is 3. The highest BCUT2D eigenvalue weighted by Crippen LogP contribution is 2.42. The monoisotopic (exact) mass is 343 g/mol. The number of benzene rings is 1. The molecule has 7 nitrogen and oxygen atoms in total. The number of rotatable bonds is 5. The van der Waals surface area contributed by atoms with Gasteiger partial charge < -0.3 is 14.3 Å². The molecule has 3 rings (SSSR count). The normalized spacial score (nSPS) is 19.0. The van der Waals surface area contributed by atoms with E-state index in [4.69, 9.17) is 4.42 Å². The lowest BCUT2D eigenvalue weighted by Gasteiger charge is -2.21. The summed E-state index contributed by atoms with van der Waals surface area (Å²) in [6.07, 6.45) is -0.479. The van der Waals surface area contributed by atoms with Crippen molar-refractivity contribution in [3.8, 4) is 0 Å². The summed E-state index contributed by atoms with van der Waals surface area (Å²) in [5.41, 5.74) is -1.40. The number of nitrogens with zero attached hydrogens (tertiary/aromatic N) is 1. The molecule has 1 N–H and O–H groups in total. The first kappa shape index (κ1) is 16.9. The van der Waals surface area contributed by atoms with Crippen LogP contribution in [0.1, 0.15) is 28.3 Å². The summed E-state index contributed by atoms with van der Waals surface area (Å²) in [6, 6.07) is 9.63. The molecule has 2 heterocycles. The number of anilines is 1. The third-order valence-corrected chi connectivity index (χ3v) is 4.19. The van der Waals surface area contributed by atoms with Crippen LogP contribution in [0.4, 0.5) is 5.69 Å². The number of furan rings is 1. The average Bonchev–Trinajstić information content (AvgIpc) is 3.12. The largest absolute Gasteiger partial charge is 0.468 e. The minimum absolute atomic E-state index is 0.0719. The molecule has 1 aromatic heterocycles. The Morgan fingerprint density at radius 2 is 1.96 bits per heavy atom. The van der Waals surface area contributed by atoms with Crippen molar-refractivity contribution in [2.45, 2.75) is 18.9 Å². The maximum Gasteiger partial charge on any atom is 0.325 e. The minimum Gasteiger partial charge on any atom is -0.468 e. The lowest BCUT2D eigenvalue weighted by Crippen LogP contribution is -2.43. The van der Waals surface area contributed by atoms with Crippen molar-refractivity contribution in [1.29, 1.82) is 0 Å². The molecule has 1 aliphatic rings. The molecule has 0 fully saturated rings. The van der Waals surface area contributed by atoms with Gasteiger partial charge in [-0.15, -0.1) is 0 Å². The predicted octanol–water partition coefficient (Wildman–Crippen LogP) is 1.57. The molecule has 1 aromatic carbocycles. The first-order valence-corrected chi connectivity index (χ1v) is 7.67. The zero-order valence-electron chi connectivity index (χ0n) is 13.8. The summed E-state index contributed by atoms with van der Waals surface area (Å²) in [7, 11) is 1.21. The first-order valence-electron chi connectivity index (χ1n) is 7.67. The molecule has 2 aromatic rings. The van der Waals surface area contributed by atoms with Gasteiger partial charge in [0.25, 0.3) is 5.91 Å². The van der Waals surface area contributed by atoms with E-state index in [1.54, 1.807) is 37.3 Å². The molecule has 0 saturated heterocycles. The van der Waals surface area contributed by atoms with Gasteiger partial charge in [0.05, 0.1) is 19.2 Å². The van der Waals surface area contributed by atoms with Gasteiger partial charge in [-0.25, -0.2) is 0 Å². The van der Waals surface area contributed by atoms with Crippen LogP contribution < -0.4 is 4.90 Å². The number of hydrogen-bond acceptors (Lipinski definition) is 6. The fraction of sp³-hybridized carbons (Fsp3) is 0.278. The van der Waals surface area contributed by atoms with Crippen LogP contribution in [0.15, 0.2) is 40.8 Å². The highest BCUT2D eigenvalue weighted by Gasteiger charge is 2.51. The van der Waals surface area contributed by atoms with Gasteiger partial charge in [-0.3, -0.25) is 19.3 Å². The van der Waals surface area contributed by atoms with Crippen molar-refractivity contribution in [3.05, 3.63) is 53.5 Å². The highest BCUT2D eigenvalue weighted by atomic mass is 16.5. The fourth-order valence-corrected chi connectivity index (χ4v) is 2.93. The van der Waals surface area contributed by atoms with Gasteiger partial charge in [0.1, 0.15) is 12.3 Å². The number of aryl methyl sites for hydroxylation is 1. The lowest BCUT2D eigenvalue weighted by molar-refractivity contribution is -0.142. The van der Waals surface area contributed by atoms with Crippen molar-refractivity contribution in [2.75, 3.05) is 18.6 Å². The number of amides is 1. The summed E-state index contributed by atoms with van der Waals surface area (Å²) in [5, 5.41) is 11.0. The van der Waals surface area contributed by atoms with Gasteiger partial charge >= 0.3 is 5.97 Å². The standard InChI is InChI=1S/C18H17NO6/c1-11-7-8-15(25-11)14(20)9-18(23)12-5-3-4-6-13(12)19(17(18)22)10-16(21)24-2/h3-8,23H,9-10H2,1-2H3/t18-/m1/s1. The van der Waals surface area contributed by atoms with E-state index in [0.717, 1.165) is 4.90 Å². The Labute approximate surface area is 143 Å². The van der Waals surface area contributed by atoms with Crippen molar-refractivity contribution >= 4 is 23.3 Å². The topological polar surface area (TPSA) is 97.0 Å². The lowest BCUT2D eigenvalue weighted by atomic mass is 9.89.